The molecule has 2 bridgehead atoms. The Labute approximate surface area is 188 Å². The van der Waals surface area contributed by atoms with Crippen molar-refractivity contribution in [2.45, 2.75) is 69.9 Å². The number of hydrogen-bond donors (Lipinski definition) is 2. The minimum atomic E-state index is -0.819. The summed E-state index contributed by atoms with van der Waals surface area (Å²) in [5.41, 5.74) is -0.602. The van der Waals surface area contributed by atoms with E-state index in [2.05, 4.69) is 17.1 Å². The predicted molar refractivity (Wildman–Crippen MR) is 111 cm³/mol. The zero-order chi connectivity index (χ0) is 22.5. The molecule has 7 unspecified atom stereocenters. The molecule has 180 valence electrons. The van der Waals surface area contributed by atoms with Crippen LogP contribution in [0.4, 0.5) is 0 Å². The summed E-state index contributed by atoms with van der Waals surface area (Å²) in [4.78, 5) is 39.6. The molecule has 5 saturated heterocycles. The molecule has 0 aromatic carbocycles. The van der Waals surface area contributed by atoms with Crippen molar-refractivity contribution >= 4 is 11.9 Å². The molecule has 6 rings (SSSR count). The minimum Gasteiger partial charge on any atom is -0.480 e. The van der Waals surface area contributed by atoms with Crippen LogP contribution in [-0.2, 0) is 28.8 Å². The number of ether oxygens (including phenoxy) is 2. The summed E-state index contributed by atoms with van der Waals surface area (Å²) in [5, 5.41) is 12.0. The number of carbonyl (C=O) groups excluding carboxylic acids is 1. The maximum absolute atomic E-state index is 12.9. The first-order valence-electron chi connectivity index (χ1n) is 11.9. The van der Waals surface area contributed by atoms with Crippen molar-refractivity contribution in [3.05, 3.63) is 0 Å². The van der Waals surface area contributed by atoms with Gasteiger partial charge in [0.2, 0.25) is 11.7 Å². The monoisotopic (exact) mass is 453 g/mol. The zero-order valence-corrected chi connectivity index (χ0v) is 19.0. The van der Waals surface area contributed by atoms with Gasteiger partial charge < -0.3 is 19.9 Å². The highest BCUT2D eigenvalue weighted by Crippen LogP contribution is 2.58. The molecule has 10 nitrogen and oxygen atoms in total. The first kappa shape index (κ1) is 22.5. The third kappa shape index (κ3) is 3.95. The zero-order valence-electron chi connectivity index (χ0n) is 19.0. The number of hydrogen-bond acceptors (Lipinski definition) is 8. The van der Waals surface area contributed by atoms with E-state index in [0.717, 1.165) is 32.1 Å². The molecule has 2 N–H and O–H groups in total. The van der Waals surface area contributed by atoms with Gasteiger partial charge in [0.1, 0.15) is 6.23 Å². The third-order valence-electron chi connectivity index (χ3n) is 8.20. The standard InChI is InChI=1S/C22H35N3O7/c1-14-16-5-3-4-15-6-7-21(2)30-20(22(15,16)32-31-21)29-19(14)23-17(26)12-24-8-10-25(11-9-24)13-18(27)28/h14-16,19-20H,3-13H2,1-2H3,(H,23,26)(H,27,28). The van der Waals surface area contributed by atoms with Gasteiger partial charge in [0.25, 0.3) is 0 Å². The van der Waals surface area contributed by atoms with Gasteiger partial charge in [-0.3, -0.25) is 19.4 Å². The van der Waals surface area contributed by atoms with Gasteiger partial charge in [-0.2, -0.15) is 0 Å². The first-order valence-corrected chi connectivity index (χ1v) is 11.9. The van der Waals surface area contributed by atoms with E-state index >= 15 is 0 Å². The molecule has 1 spiro atoms. The second-order valence-corrected chi connectivity index (χ2v) is 10.3. The molecular formula is C22H35N3O7. The number of carbonyl (C=O) groups is 2. The van der Waals surface area contributed by atoms with E-state index in [1.165, 1.54) is 0 Å². The lowest BCUT2D eigenvalue weighted by molar-refractivity contribution is -0.570. The number of fused-ring (bicyclic) bond motifs is 2. The molecule has 5 heterocycles. The van der Waals surface area contributed by atoms with E-state index in [-0.39, 0.29) is 30.8 Å². The Kier molecular flexibility index (Phi) is 5.96. The lowest BCUT2D eigenvalue weighted by Gasteiger charge is -2.59. The number of carboxylic acids is 1. The molecule has 10 heteroatoms. The smallest absolute Gasteiger partial charge is 0.317 e. The van der Waals surface area contributed by atoms with Crippen molar-refractivity contribution < 1.29 is 33.9 Å². The summed E-state index contributed by atoms with van der Waals surface area (Å²) in [6, 6.07) is 0. The van der Waals surface area contributed by atoms with Gasteiger partial charge in [0.05, 0.1) is 13.1 Å². The lowest BCUT2D eigenvalue weighted by atomic mass is 9.61. The molecule has 1 amide bonds. The van der Waals surface area contributed by atoms with Crippen molar-refractivity contribution in [3.8, 4) is 0 Å². The largest absolute Gasteiger partial charge is 0.480 e. The average molecular weight is 454 g/mol. The van der Waals surface area contributed by atoms with E-state index in [1.54, 1.807) is 0 Å². The molecule has 0 aromatic heterocycles. The number of aliphatic carboxylic acids is 1. The van der Waals surface area contributed by atoms with Crippen molar-refractivity contribution in [1.29, 1.82) is 0 Å². The van der Waals surface area contributed by atoms with Crippen molar-refractivity contribution in [1.82, 2.24) is 15.1 Å². The number of carboxylic acid groups (broad SMARTS) is 1. The Hall–Kier alpha value is -1.30. The van der Waals surface area contributed by atoms with E-state index in [9.17, 15) is 9.59 Å². The summed E-state index contributed by atoms with van der Waals surface area (Å²) >= 11 is 0. The maximum atomic E-state index is 12.9. The van der Waals surface area contributed by atoms with Gasteiger partial charge >= 0.3 is 5.97 Å². The second kappa shape index (κ2) is 8.48. The summed E-state index contributed by atoms with van der Waals surface area (Å²) in [6.45, 7) is 6.97. The van der Waals surface area contributed by atoms with Gasteiger partial charge in [-0.05, 0) is 32.1 Å². The minimum absolute atomic E-state index is 0.0453. The third-order valence-corrected chi connectivity index (χ3v) is 8.20. The average Bonchev–Trinajstić information content (AvgIpc) is 2.97. The van der Waals surface area contributed by atoms with Crippen molar-refractivity contribution in [2.24, 2.45) is 17.8 Å². The Morgan fingerprint density at radius 1 is 1.06 bits per heavy atom. The van der Waals surface area contributed by atoms with Gasteiger partial charge in [0, 0.05) is 44.4 Å². The van der Waals surface area contributed by atoms with Gasteiger partial charge in [0.15, 0.2) is 11.9 Å². The van der Waals surface area contributed by atoms with Crippen LogP contribution in [0.25, 0.3) is 0 Å². The van der Waals surface area contributed by atoms with Gasteiger partial charge in [-0.15, -0.1) is 0 Å². The molecular weight excluding hydrogens is 418 g/mol. The van der Waals surface area contributed by atoms with E-state index < -0.39 is 29.9 Å². The van der Waals surface area contributed by atoms with Crippen molar-refractivity contribution in [3.63, 3.8) is 0 Å². The molecule has 7 atom stereocenters. The molecule has 1 aliphatic carbocycles. The second-order valence-electron chi connectivity index (χ2n) is 10.3. The summed E-state index contributed by atoms with van der Waals surface area (Å²) < 4.78 is 12.7. The van der Waals surface area contributed by atoms with Gasteiger partial charge in [-0.25, -0.2) is 9.78 Å². The molecule has 5 aliphatic heterocycles. The van der Waals surface area contributed by atoms with Crippen LogP contribution in [0, 0.1) is 17.8 Å². The Bertz CT molecular complexity index is 745. The lowest BCUT2D eigenvalue weighted by Crippen LogP contribution is -2.71. The fraction of sp³-hybridized carbons (Fsp3) is 0.909. The number of nitrogens with zero attached hydrogens (tertiary/aromatic N) is 2. The highest BCUT2D eigenvalue weighted by atomic mass is 17.3. The Morgan fingerprint density at radius 2 is 1.78 bits per heavy atom. The van der Waals surface area contributed by atoms with Crippen LogP contribution >= 0.6 is 0 Å². The highest BCUT2D eigenvalue weighted by Gasteiger charge is 2.68. The highest BCUT2D eigenvalue weighted by molar-refractivity contribution is 5.78. The van der Waals surface area contributed by atoms with Crippen LogP contribution in [0.3, 0.4) is 0 Å². The molecule has 0 aromatic rings. The van der Waals surface area contributed by atoms with Crippen LogP contribution in [-0.4, -0.2) is 90.0 Å². The summed E-state index contributed by atoms with van der Waals surface area (Å²) in [7, 11) is 0. The first-order chi connectivity index (χ1) is 15.3. The number of piperazine rings is 1. The Balaban J connectivity index is 1.22. The SMILES string of the molecule is CC1C(NC(=O)CN2CCN(CC(=O)O)CC2)OC2OC3(C)CCC4CCCC1C42OO3. The van der Waals surface area contributed by atoms with Crippen LogP contribution < -0.4 is 5.32 Å². The number of nitrogens with one attached hydrogen (secondary N) is 1. The number of amides is 1. The van der Waals surface area contributed by atoms with E-state index in [1.807, 2.05) is 11.8 Å². The fourth-order valence-electron chi connectivity index (χ4n) is 6.43. The molecule has 32 heavy (non-hydrogen) atoms. The van der Waals surface area contributed by atoms with E-state index in [0.29, 0.717) is 32.1 Å². The molecule has 1 saturated carbocycles. The normalized spacial score (nSPS) is 44.5. The molecule has 6 aliphatic rings. The van der Waals surface area contributed by atoms with Crippen molar-refractivity contribution in [2.75, 3.05) is 39.3 Å². The van der Waals surface area contributed by atoms with Crippen LogP contribution in [0.15, 0.2) is 0 Å². The van der Waals surface area contributed by atoms with Crippen LogP contribution in [0.1, 0.15) is 46.0 Å². The Morgan fingerprint density at radius 3 is 2.50 bits per heavy atom. The summed E-state index contributed by atoms with van der Waals surface area (Å²) in [6.07, 6.45) is 3.97. The molecule has 0 radical (unpaired) electrons. The number of rotatable bonds is 5. The predicted octanol–water partition coefficient (Wildman–Crippen LogP) is 0.767. The van der Waals surface area contributed by atoms with E-state index in [4.69, 9.17) is 24.4 Å². The van der Waals surface area contributed by atoms with Crippen LogP contribution in [0.2, 0.25) is 0 Å². The molecule has 6 fully saturated rings. The maximum Gasteiger partial charge on any atom is 0.317 e. The van der Waals surface area contributed by atoms with Crippen LogP contribution in [0.5, 0.6) is 0 Å². The van der Waals surface area contributed by atoms with Gasteiger partial charge in [-0.1, -0.05) is 13.3 Å². The topological polar surface area (TPSA) is 110 Å². The quantitative estimate of drug-likeness (QED) is 0.583. The fourth-order valence-corrected chi connectivity index (χ4v) is 6.43. The summed E-state index contributed by atoms with van der Waals surface area (Å²) in [5.74, 6) is -1.13.